The molecular weight excluding hydrogens is 224 g/mol. The van der Waals surface area contributed by atoms with Gasteiger partial charge in [-0.15, -0.1) is 0 Å². The number of halogens is 4. The largest absolute Gasteiger partial charge is 0.390 e. The molecule has 0 spiro atoms. The van der Waals surface area contributed by atoms with Crippen molar-refractivity contribution in [1.29, 1.82) is 5.26 Å². The van der Waals surface area contributed by atoms with Crippen LogP contribution in [0.15, 0.2) is 18.2 Å². The van der Waals surface area contributed by atoms with Gasteiger partial charge in [0.15, 0.2) is 0 Å². The highest BCUT2D eigenvalue weighted by Gasteiger charge is 2.26. The molecule has 0 radical (unpaired) electrons. The lowest BCUT2D eigenvalue weighted by molar-refractivity contribution is -0.131. The van der Waals surface area contributed by atoms with Crippen molar-refractivity contribution < 1.29 is 17.6 Å². The lowest BCUT2D eigenvalue weighted by Gasteiger charge is -2.08. The van der Waals surface area contributed by atoms with E-state index in [1.54, 1.807) is 6.07 Å². The summed E-state index contributed by atoms with van der Waals surface area (Å²) < 4.78 is 48.4. The number of alkyl halides is 3. The molecule has 0 saturated heterocycles. The maximum atomic E-state index is 13.0. The lowest BCUT2D eigenvalue weighted by atomic mass is 10.2. The van der Waals surface area contributed by atoms with E-state index in [0.717, 1.165) is 6.07 Å². The summed E-state index contributed by atoms with van der Waals surface area (Å²) in [7, 11) is 0. The number of hydrogen-bond donors (Lipinski definition) is 1. The van der Waals surface area contributed by atoms with Gasteiger partial charge in [-0.2, -0.15) is 18.4 Å². The zero-order valence-electron chi connectivity index (χ0n) is 8.11. The molecular formula is C10H8F4N2. The smallest absolute Gasteiger partial charge is 0.385 e. The summed E-state index contributed by atoms with van der Waals surface area (Å²) in [4.78, 5) is 0. The van der Waals surface area contributed by atoms with Crippen LogP contribution in [0.4, 0.5) is 23.2 Å². The molecule has 1 N–H and O–H groups in total. The van der Waals surface area contributed by atoms with E-state index in [1.165, 1.54) is 12.1 Å². The topological polar surface area (TPSA) is 35.8 Å². The molecule has 0 amide bonds. The molecule has 6 heteroatoms. The number of rotatable bonds is 3. The molecule has 2 nitrogen and oxygen atoms in total. The Hall–Kier alpha value is -1.77. The average molecular weight is 232 g/mol. The van der Waals surface area contributed by atoms with Crippen LogP contribution in [0.1, 0.15) is 12.0 Å². The molecule has 0 atom stereocenters. The number of hydrogen-bond acceptors (Lipinski definition) is 2. The quantitative estimate of drug-likeness (QED) is 0.813. The van der Waals surface area contributed by atoms with Gasteiger partial charge in [-0.25, -0.2) is 4.39 Å². The fraction of sp³-hybridized carbons (Fsp3) is 0.300. The van der Waals surface area contributed by atoms with Gasteiger partial charge in [-0.05, 0) is 18.2 Å². The maximum Gasteiger partial charge on any atom is 0.390 e. The number of nitrogens with one attached hydrogen (secondary N) is 1. The molecule has 16 heavy (non-hydrogen) atoms. The maximum absolute atomic E-state index is 13.0. The molecule has 1 rings (SSSR count). The molecule has 0 aliphatic rings. The summed E-state index contributed by atoms with van der Waals surface area (Å²) >= 11 is 0. The van der Waals surface area contributed by atoms with Crippen LogP contribution in [-0.4, -0.2) is 12.7 Å². The molecule has 0 aliphatic carbocycles. The van der Waals surface area contributed by atoms with E-state index in [1.807, 2.05) is 0 Å². The highest BCUT2D eigenvalue weighted by molar-refractivity contribution is 5.48. The van der Waals surface area contributed by atoms with E-state index in [0.29, 0.717) is 0 Å². The van der Waals surface area contributed by atoms with E-state index in [9.17, 15) is 17.6 Å². The van der Waals surface area contributed by atoms with Crippen molar-refractivity contribution in [1.82, 2.24) is 0 Å². The predicted octanol–water partition coefficient (Wildman–Crippen LogP) is 3.06. The summed E-state index contributed by atoms with van der Waals surface area (Å²) in [6.07, 6.45) is -5.23. The third kappa shape index (κ3) is 3.77. The van der Waals surface area contributed by atoms with Gasteiger partial charge in [0.1, 0.15) is 11.9 Å². The van der Waals surface area contributed by atoms with E-state index in [2.05, 4.69) is 5.32 Å². The summed E-state index contributed by atoms with van der Waals surface area (Å²) in [5.41, 5.74) is 0.0853. The van der Waals surface area contributed by atoms with Crippen molar-refractivity contribution in [3.8, 4) is 6.07 Å². The number of benzene rings is 1. The van der Waals surface area contributed by atoms with Gasteiger partial charge in [-0.1, -0.05) is 0 Å². The van der Waals surface area contributed by atoms with Gasteiger partial charge in [0, 0.05) is 12.2 Å². The molecule has 1 aromatic rings. The molecule has 0 unspecified atom stereocenters. The number of nitrogens with zero attached hydrogens (tertiary/aromatic N) is 1. The van der Waals surface area contributed by atoms with Crippen LogP contribution in [0.3, 0.4) is 0 Å². The Kier molecular flexibility index (Phi) is 3.72. The second-order valence-electron chi connectivity index (χ2n) is 3.10. The standard InChI is InChI=1S/C10H8F4N2/c11-9-5-8(2-1-7(9)6-15)16-4-3-10(12,13)14/h1-2,5,16H,3-4H2. The van der Waals surface area contributed by atoms with Gasteiger partial charge >= 0.3 is 6.18 Å². The van der Waals surface area contributed by atoms with E-state index in [-0.39, 0.29) is 17.8 Å². The van der Waals surface area contributed by atoms with Crippen molar-refractivity contribution >= 4 is 5.69 Å². The Morgan fingerprint density at radius 2 is 2.00 bits per heavy atom. The molecule has 86 valence electrons. The zero-order valence-corrected chi connectivity index (χ0v) is 8.11. The van der Waals surface area contributed by atoms with Crippen LogP contribution in [-0.2, 0) is 0 Å². The summed E-state index contributed by atoms with van der Waals surface area (Å²) in [6.45, 7) is -0.325. The third-order valence-electron chi connectivity index (χ3n) is 1.83. The molecule has 0 saturated carbocycles. The molecule has 0 aliphatic heterocycles. The summed E-state index contributed by atoms with van der Waals surface area (Å²) in [5.74, 6) is -0.750. The van der Waals surface area contributed by atoms with Gasteiger partial charge in [0.2, 0.25) is 0 Å². The Morgan fingerprint density at radius 1 is 1.31 bits per heavy atom. The monoisotopic (exact) mass is 232 g/mol. The second-order valence-corrected chi connectivity index (χ2v) is 3.10. The van der Waals surface area contributed by atoms with E-state index in [4.69, 9.17) is 5.26 Å². The van der Waals surface area contributed by atoms with Crippen LogP contribution in [0, 0.1) is 17.1 Å². The average Bonchev–Trinajstić information content (AvgIpc) is 2.16. The first-order valence-corrected chi connectivity index (χ1v) is 4.42. The van der Waals surface area contributed by atoms with Gasteiger partial charge in [0.25, 0.3) is 0 Å². The SMILES string of the molecule is N#Cc1ccc(NCCC(F)(F)F)cc1F. The predicted molar refractivity (Wildman–Crippen MR) is 50.3 cm³/mol. The zero-order chi connectivity index (χ0) is 12.2. The van der Waals surface area contributed by atoms with Crippen LogP contribution in [0.2, 0.25) is 0 Å². The normalized spacial score (nSPS) is 10.9. The molecule has 0 bridgehead atoms. The van der Waals surface area contributed by atoms with E-state index < -0.39 is 18.4 Å². The Labute approximate surface area is 89.5 Å². The van der Waals surface area contributed by atoms with Crippen LogP contribution in [0.5, 0.6) is 0 Å². The Balaban J connectivity index is 2.57. The van der Waals surface area contributed by atoms with Crippen LogP contribution in [0.25, 0.3) is 0 Å². The van der Waals surface area contributed by atoms with Gasteiger partial charge in [0.05, 0.1) is 12.0 Å². The second kappa shape index (κ2) is 4.84. The van der Waals surface area contributed by atoms with Crippen molar-refractivity contribution in [2.75, 3.05) is 11.9 Å². The fourth-order valence-electron chi connectivity index (χ4n) is 1.06. The van der Waals surface area contributed by atoms with Crippen molar-refractivity contribution in [2.45, 2.75) is 12.6 Å². The molecule has 0 aromatic heterocycles. The summed E-state index contributed by atoms with van der Waals surface area (Å²) in [5, 5.41) is 10.9. The first-order chi connectivity index (χ1) is 7.42. The molecule has 0 heterocycles. The van der Waals surface area contributed by atoms with Crippen molar-refractivity contribution in [3.63, 3.8) is 0 Å². The van der Waals surface area contributed by atoms with Crippen molar-refractivity contribution in [3.05, 3.63) is 29.6 Å². The highest BCUT2D eigenvalue weighted by atomic mass is 19.4. The minimum atomic E-state index is -4.24. The van der Waals surface area contributed by atoms with Crippen LogP contribution >= 0.6 is 0 Å². The number of anilines is 1. The van der Waals surface area contributed by atoms with E-state index >= 15 is 0 Å². The Bertz CT molecular complexity index is 406. The first-order valence-electron chi connectivity index (χ1n) is 4.42. The van der Waals surface area contributed by atoms with Gasteiger partial charge < -0.3 is 5.32 Å². The highest BCUT2D eigenvalue weighted by Crippen LogP contribution is 2.20. The summed E-state index contributed by atoms with van der Waals surface area (Å²) in [6, 6.07) is 5.19. The Morgan fingerprint density at radius 3 is 2.50 bits per heavy atom. The molecule has 0 fully saturated rings. The molecule has 1 aromatic carbocycles. The first kappa shape index (κ1) is 12.3. The minimum Gasteiger partial charge on any atom is -0.385 e. The van der Waals surface area contributed by atoms with Crippen LogP contribution < -0.4 is 5.32 Å². The third-order valence-corrected chi connectivity index (χ3v) is 1.83. The minimum absolute atomic E-state index is 0.138. The number of nitriles is 1. The lowest BCUT2D eigenvalue weighted by Crippen LogP contribution is -2.14. The fourth-order valence-corrected chi connectivity index (χ4v) is 1.06. The van der Waals surface area contributed by atoms with Crippen molar-refractivity contribution in [2.24, 2.45) is 0 Å². The van der Waals surface area contributed by atoms with Gasteiger partial charge in [-0.3, -0.25) is 0 Å².